The summed E-state index contributed by atoms with van der Waals surface area (Å²) >= 11 is 0. The molecule has 1 N–H and O–H groups in total. The van der Waals surface area contributed by atoms with Crippen LogP contribution in [0.4, 0.5) is 0 Å². The summed E-state index contributed by atoms with van der Waals surface area (Å²) < 4.78 is 21.1. The van der Waals surface area contributed by atoms with Gasteiger partial charge in [-0.15, -0.1) is 0 Å². The van der Waals surface area contributed by atoms with Crippen LogP contribution in [0.25, 0.3) is 0 Å². The van der Waals surface area contributed by atoms with E-state index in [2.05, 4.69) is 0 Å². The first-order chi connectivity index (χ1) is 11.6. The summed E-state index contributed by atoms with van der Waals surface area (Å²) in [7, 11) is 4.61. The number of carboxylic acids is 1. The van der Waals surface area contributed by atoms with E-state index in [-0.39, 0.29) is 6.61 Å². The van der Waals surface area contributed by atoms with Gasteiger partial charge < -0.3 is 24.1 Å². The van der Waals surface area contributed by atoms with Crippen LogP contribution < -0.4 is 18.9 Å². The molecule has 0 aliphatic heterocycles. The number of hydrogen-bond acceptors (Lipinski definition) is 5. The summed E-state index contributed by atoms with van der Waals surface area (Å²) in [5.41, 5.74) is 0.577. The second-order valence-corrected chi connectivity index (χ2v) is 4.99. The van der Waals surface area contributed by atoms with Crippen molar-refractivity contribution in [3.05, 3.63) is 48.0 Å². The summed E-state index contributed by atoms with van der Waals surface area (Å²) in [4.78, 5) is 11.6. The molecule has 0 unspecified atom stereocenters. The van der Waals surface area contributed by atoms with E-state index in [4.69, 9.17) is 18.9 Å². The van der Waals surface area contributed by atoms with Crippen molar-refractivity contribution in [2.75, 3.05) is 27.9 Å². The molecule has 24 heavy (non-hydrogen) atoms. The van der Waals surface area contributed by atoms with E-state index in [0.29, 0.717) is 28.6 Å². The van der Waals surface area contributed by atoms with E-state index in [1.807, 2.05) is 0 Å². The second kappa shape index (κ2) is 8.10. The van der Waals surface area contributed by atoms with Crippen molar-refractivity contribution in [2.45, 2.75) is 5.92 Å². The van der Waals surface area contributed by atoms with Gasteiger partial charge >= 0.3 is 5.97 Å². The van der Waals surface area contributed by atoms with Crippen molar-refractivity contribution in [1.29, 1.82) is 0 Å². The Labute approximate surface area is 140 Å². The Hall–Kier alpha value is -2.89. The first kappa shape index (κ1) is 17.5. The van der Waals surface area contributed by atoms with Crippen LogP contribution in [-0.2, 0) is 4.79 Å². The van der Waals surface area contributed by atoms with Crippen LogP contribution in [0.15, 0.2) is 42.5 Å². The molecule has 1 atom stereocenters. The van der Waals surface area contributed by atoms with Crippen LogP contribution >= 0.6 is 0 Å². The average Bonchev–Trinajstić information content (AvgIpc) is 2.61. The Morgan fingerprint density at radius 3 is 2.08 bits per heavy atom. The predicted octanol–water partition coefficient (Wildman–Crippen LogP) is 2.96. The lowest BCUT2D eigenvalue weighted by Gasteiger charge is -2.16. The second-order valence-electron chi connectivity index (χ2n) is 4.99. The van der Waals surface area contributed by atoms with Crippen molar-refractivity contribution in [1.82, 2.24) is 0 Å². The van der Waals surface area contributed by atoms with Gasteiger partial charge in [0.1, 0.15) is 24.0 Å². The lowest BCUT2D eigenvalue weighted by Crippen LogP contribution is -2.19. The highest BCUT2D eigenvalue weighted by Gasteiger charge is 2.22. The minimum Gasteiger partial charge on any atom is -0.497 e. The Balaban J connectivity index is 2.15. The topological polar surface area (TPSA) is 74.2 Å². The van der Waals surface area contributed by atoms with Crippen LogP contribution in [-0.4, -0.2) is 39.0 Å². The maximum absolute atomic E-state index is 11.6. The van der Waals surface area contributed by atoms with Gasteiger partial charge in [0.2, 0.25) is 0 Å². The van der Waals surface area contributed by atoms with Gasteiger partial charge in [0.15, 0.2) is 11.5 Å². The molecule has 0 aliphatic carbocycles. The molecule has 0 fully saturated rings. The molecule has 6 nitrogen and oxygen atoms in total. The molecule has 2 aromatic rings. The fourth-order valence-corrected chi connectivity index (χ4v) is 2.23. The molecular formula is C18H20O6. The third-order valence-electron chi connectivity index (χ3n) is 3.58. The van der Waals surface area contributed by atoms with Gasteiger partial charge in [-0.1, -0.05) is 6.07 Å². The third kappa shape index (κ3) is 4.10. The molecule has 0 aromatic heterocycles. The quantitative estimate of drug-likeness (QED) is 0.801. The molecule has 128 valence electrons. The Bertz CT molecular complexity index is 680. The molecular weight excluding hydrogens is 312 g/mol. The van der Waals surface area contributed by atoms with E-state index >= 15 is 0 Å². The smallest absolute Gasteiger partial charge is 0.314 e. The van der Waals surface area contributed by atoms with Gasteiger partial charge in [-0.25, -0.2) is 0 Å². The lowest BCUT2D eigenvalue weighted by molar-refractivity contribution is -0.139. The van der Waals surface area contributed by atoms with Gasteiger partial charge in [0.05, 0.1) is 21.3 Å². The zero-order valence-corrected chi connectivity index (χ0v) is 13.8. The highest BCUT2D eigenvalue weighted by molar-refractivity contribution is 5.76. The molecule has 0 aliphatic rings. The van der Waals surface area contributed by atoms with Crippen molar-refractivity contribution in [2.24, 2.45) is 0 Å². The van der Waals surface area contributed by atoms with Crippen LogP contribution in [0, 0.1) is 0 Å². The third-order valence-corrected chi connectivity index (χ3v) is 3.58. The number of ether oxygens (including phenoxy) is 4. The van der Waals surface area contributed by atoms with Crippen molar-refractivity contribution >= 4 is 5.97 Å². The number of hydrogen-bond donors (Lipinski definition) is 1. The Morgan fingerprint density at radius 1 is 0.917 bits per heavy atom. The molecule has 0 saturated heterocycles. The number of aliphatic carboxylic acids is 1. The van der Waals surface area contributed by atoms with E-state index in [9.17, 15) is 9.90 Å². The van der Waals surface area contributed by atoms with E-state index < -0.39 is 11.9 Å². The van der Waals surface area contributed by atoms with E-state index in [1.54, 1.807) is 49.6 Å². The summed E-state index contributed by atoms with van der Waals surface area (Å²) in [5.74, 6) is 0.495. The van der Waals surface area contributed by atoms with Crippen molar-refractivity contribution in [3.8, 4) is 23.0 Å². The van der Waals surface area contributed by atoms with Gasteiger partial charge in [-0.05, 0) is 42.0 Å². The average molecular weight is 332 g/mol. The highest BCUT2D eigenvalue weighted by Crippen LogP contribution is 2.31. The van der Waals surface area contributed by atoms with E-state index in [1.165, 1.54) is 14.2 Å². The maximum atomic E-state index is 11.6. The minimum atomic E-state index is -0.976. The Morgan fingerprint density at radius 2 is 1.54 bits per heavy atom. The normalized spacial score (nSPS) is 11.5. The van der Waals surface area contributed by atoms with Gasteiger partial charge in [0.25, 0.3) is 0 Å². The number of benzene rings is 2. The standard InChI is InChI=1S/C18H20O6/c1-21-13-5-7-14(8-6-13)24-11-15(18(19)20)12-4-9-16(22-2)17(10-12)23-3/h4-10,15H,11H2,1-3H3,(H,19,20)/t15-/m1/s1. The number of rotatable bonds is 8. The SMILES string of the molecule is COc1ccc(OC[C@@H](C(=O)O)c2ccc(OC)c(OC)c2)cc1. The highest BCUT2D eigenvalue weighted by atomic mass is 16.5. The number of methoxy groups -OCH3 is 3. The fourth-order valence-electron chi connectivity index (χ4n) is 2.23. The fraction of sp³-hybridized carbons (Fsp3) is 0.278. The molecule has 0 radical (unpaired) electrons. The molecule has 0 saturated carbocycles. The molecule has 2 aromatic carbocycles. The van der Waals surface area contributed by atoms with Crippen LogP contribution in [0.5, 0.6) is 23.0 Å². The first-order valence-electron chi connectivity index (χ1n) is 7.30. The van der Waals surface area contributed by atoms with Crippen LogP contribution in [0.1, 0.15) is 11.5 Å². The molecule has 6 heteroatoms. The van der Waals surface area contributed by atoms with Crippen LogP contribution in [0.2, 0.25) is 0 Å². The zero-order chi connectivity index (χ0) is 17.5. The molecule has 0 amide bonds. The zero-order valence-electron chi connectivity index (χ0n) is 13.8. The predicted molar refractivity (Wildman–Crippen MR) is 88.4 cm³/mol. The Kier molecular flexibility index (Phi) is 5.89. The lowest BCUT2D eigenvalue weighted by atomic mass is 9.99. The minimum absolute atomic E-state index is 0.00283. The summed E-state index contributed by atoms with van der Waals surface area (Å²) in [6.07, 6.45) is 0. The maximum Gasteiger partial charge on any atom is 0.314 e. The van der Waals surface area contributed by atoms with Crippen molar-refractivity contribution in [3.63, 3.8) is 0 Å². The largest absolute Gasteiger partial charge is 0.497 e. The first-order valence-corrected chi connectivity index (χ1v) is 7.30. The number of carbonyl (C=O) groups is 1. The van der Waals surface area contributed by atoms with Gasteiger partial charge in [-0.3, -0.25) is 4.79 Å². The van der Waals surface area contributed by atoms with E-state index in [0.717, 1.165) is 0 Å². The molecule has 2 rings (SSSR count). The van der Waals surface area contributed by atoms with Gasteiger partial charge in [-0.2, -0.15) is 0 Å². The molecule has 0 bridgehead atoms. The molecule has 0 heterocycles. The number of carboxylic acid groups (broad SMARTS) is 1. The van der Waals surface area contributed by atoms with Crippen molar-refractivity contribution < 1.29 is 28.8 Å². The summed E-state index contributed by atoms with van der Waals surface area (Å²) in [6.45, 7) is -0.00283. The summed E-state index contributed by atoms with van der Waals surface area (Å²) in [5, 5.41) is 9.50. The van der Waals surface area contributed by atoms with Gasteiger partial charge in [0, 0.05) is 0 Å². The van der Waals surface area contributed by atoms with Crippen LogP contribution in [0.3, 0.4) is 0 Å². The summed E-state index contributed by atoms with van der Waals surface area (Å²) in [6, 6.07) is 12.0. The monoisotopic (exact) mass is 332 g/mol. The molecule has 0 spiro atoms.